The van der Waals surface area contributed by atoms with Gasteiger partial charge in [0.05, 0.1) is 47.3 Å². The zero-order valence-corrected chi connectivity index (χ0v) is 30.5. The Bertz CT molecular complexity index is 2190. The van der Waals surface area contributed by atoms with Gasteiger partial charge in [0.2, 0.25) is 11.8 Å². The number of fused-ring (bicyclic) bond motifs is 5. The first-order valence-electron chi connectivity index (χ1n) is 17.6. The number of hydrazine groups is 1. The van der Waals surface area contributed by atoms with Gasteiger partial charge in [-0.1, -0.05) is 47.0 Å². The molecule has 4 amide bonds. The number of likely N-dealkylation sites (tertiary alicyclic amines) is 1. The predicted octanol–water partition coefficient (Wildman–Crippen LogP) is 5.91. The number of carbonyl (C=O) groups excluding carboxylic acids is 4. The Kier molecular flexibility index (Phi) is 8.93. The topological polar surface area (TPSA) is 163 Å². The number of imide groups is 2. The van der Waals surface area contributed by atoms with Crippen LogP contribution in [0.5, 0.6) is 17.2 Å². The molecule has 12 nitrogen and oxygen atoms in total. The second kappa shape index (κ2) is 13.5. The Hall–Kier alpha value is -5.33. The molecule has 278 valence electrons. The summed E-state index contributed by atoms with van der Waals surface area (Å²) in [5.41, 5.74) is 4.27. The highest BCUT2D eigenvalue weighted by molar-refractivity contribution is 6.36. The smallest absolute Gasteiger partial charge is 0.303 e. The van der Waals surface area contributed by atoms with E-state index in [-0.39, 0.29) is 61.0 Å². The fraction of sp³-hybridized carbons (Fsp3) is 0.325. The van der Waals surface area contributed by atoms with Crippen LogP contribution in [0.4, 0.5) is 5.69 Å². The summed E-state index contributed by atoms with van der Waals surface area (Å²) < 4.78 is 11.6. The highest BCUT2D eigenvalue weighted by Crippen LogP contribution is 2.63. The molecule has 3 aromatic carbocycles. The van der Waals surface area contributed by atoms with Crippen molar-refractivity contribution < 1.29 is 43.7 Å². The van der Waals surface area contributed by atoms with Gasteiger partial charge in [-0.2, -0.15) is 5.01 Å². The Labute approximate surface area is 319 Å². The number of nitrogens with one attached hydrogen (secondary N) is 1. The summed E-state index contributed by atoms with van der Waals surface area (Å²) in [5.74, 6) is -5.80. The molecule has 3 fully saturated rings. The number of halogens is 2. The lowest BCUT2D eigenvalue weighted by Gasteiger charge is -2.51. The normalized spacial score (nSPS) is 27.0. The molecule has 0 aromatic heterocycles. The van der Waals surface area contributed by atoms with Crippen molar-refractivity contribution in [3.63, 3.8) is 0 Å². The molecule has 6 atom stereocenters. The van der Waals surface area contributed by atoms with E-state index in [0.717, 1.165) is 15.5 Å². The van der Waals surface area contributed by atoms with Crippen LogP contribution in [0.2, 0.25) is 10.0 Å². The number of hydrogen-bond acceptors (Lipinski definition) is 9. The molecule has 1 saturated carbocycles. The van der Waals surface area contributed by atoms with E-state index in [9.17, 15) is 29.4 Å². The quantitative estimate of drug-likeness (QED) is 0.176. The minimum Gasteiger partial charge on any atom is -0.508 e. The van der Waals surface area contributed by atoms with E-state index < -0.39 is 58.7 Å². The number of carboxylic acids is 1. The molecule has 0 bridgehead atoms. The first kappa shape index (κ1) is 35.7. The Balaban J connectivity index is 1.30. The summed E-state index contributed by atoms with van der Waals surface area (Å²) in [6.45, 7) is -0.0299. The summed E-state index contributed by atoms with van der Waals surface area (Å²) in [4.78, 5) is 70.8. The minimum atomic E-state index is -1.57. The molecule has 54 heavy (non-hydrogen) atoms. The zero-order valence-electron chi connectivity index (χ0n) is 29.0. The van der Waals surface area contributed by atoms with Gasteiger partial charge in [-0.3, -0.25) is 34.3 Å². The zero-order chi connectivity index (χ0) is 38.1. The predicted molar refractivity (Wildman–Crippen MR) is 195 cm³/mol. The number of amides is 4. The maximum Gasteiger partial charge on any atom is 0.303 e. The Morgan fingerprint density at radius 3 is 2.50 bits per heavy atom. The van der Waals surface area contributed by atoms with E-state index >= 15 is 4.79 Å². The summed E-state index contributed by atoms with van der Waals surface area (Å²) in [5, 5.41) is 21.2. The number of phenolic OH excluding ortho intramolecular Hbond substituents is 1. The molecule has 0 unspecified atom stereocenters. The van der Waals surface area contributed by atoms with E-state index in [1.807, 2.05) is 6.08 Å². The first-order valence-corrected chi connectivity index (χ1v) is 18.4. The van der Waals surface area contributed by atoms with Gasteiger partial charge >= 0.3 is 5.97 Å². The first-order chi connectivity index (χ1) is 25.9. The SMILES string of the molecule is COc1ccc([C@@]23C(=O)N(Nc4ccc(Cl)cc4Cl)C(=O)[C@@H]2C[C@@H]2C(=CC[C@@H]4C(=O)N(CCCC(=O)O)C(=O)[C@@H]42)[C@@H]3C2=COc3ccc(O)cc3C2)cc1. The van der Waals surface area contributed by atoms with Gasteiger partial charge in [0.1, 0.15) is 17.2 Å². The molecular weight excluding hydrogens is 737 g/mol. The third-order valence-corrected chi connectivity index (χ3v) is 12.1. The highest BCUT2D eigenvalue weighted by Gasteiger charge is 2.70. The lowest BCUT2D eigenvalue weighted by Crippen LogP contribution is -2.55. The molecule has 3 N–H and O–H groups in total. The molecule has 14 heteroatoms. The minimum absolute atomic E-state index is 0.0299. The van der Waals surface area contributed by atoms with Crippen LogP contribution in [0.1, 0.15) is 36.8 Å². The van der Waals surface area contributed by atoms with Crippen LogP contribution < -0.4 is 14.9 Å². The highest BCUT2D eigenvalue weighted by atomic mass is 35.5. The summed E-state index contributed by atoms with van der Waals surface area (Å²) in [6.07, 6.45) is 3.98. The molecule has 0 spiro atoms. The second-order valence-corrected chi connectivity index (χ2v) is 15.2. The number of allylic oxidation sites excluding steroid dienone is 3. The number of anilines is 1. The second-order valence-electron chi connectivity index (χ2n) is 14.3. The van der Waals surface area contributed by atoms with Gasteiger partial charge in [0, 0.05) is 35.9 Å². The average molecular weight is 773 g/mol. The van der Waals surface area contributed by atoms with Crippen LogP contribution in [0.25, 0.3) is 0 Å². The Morgan fingerprint density at radius 2 is 1.78 bits per heavy atom. The van der Waals surface area contributed by atoms with Gasteiger partial charge in [-0.25, -0.2) is 0 Å². The number of nitrogens with zero attached hydrogens (tertiary/aromatic N) is 2. The average Bonchev–Trinajstić information content (AvgIpc) is 3.52. The molecular formula is C40H35Cl2N3O9. The molecule has 8 rings (SSSR count). The number of hydrogen-bond donors (Lipinski definition) is 3. The number of carbonyl (C=O) groups is 5. The molecule has 0 radical (unpaired) electrons. The van der Waals surface area contributed by atoms with Crippen molar-refractivity contribution in [2.24, 2.45) is 29.6 Å². The van der Waals surface area contributed by atoms with Crippen molar-refractivity contribution in [2.45, 2.75) is 37.5 Å². The van der Waals surface area contributed by atoms with Crippen LogP contribution in [-0.2, 0) is 35.8 Å². The fourth-order valence-corrected chi connectivity index (χ4v) is 9.78. The molecule has 3 heterocycles. The number of rotatable bonds is 9. The molecule has 3 aliphatic heterocycles. The van der Waals surface area contributed by atoms with Gasteiger partial charge in [0.25, 0.3) is 11.8 Å². The number of carboxylic acid groups (broad SMARTS) is 1. The maximum absolute atomic E-state index is 15.4. The lowest BCUT2D eigenvalue weighted by atomic mass is 9.48. The number of benzene rings is 3. The van der Waals surface area contributed by atoms with Crippen molar-refractivity contribution in [2.75, 3.05) is 19.1 Å². The van der Waals surface area contributed by atoms with Gasteiger partial charge < -0.3 is 19.7 Å². The number of aromatic hydroxyl groups is 1. The maximum atomic E-state index is 15.4. The van der Waals surface area contributed by atoms with Crippen molar-refractivity contribution >= 4 is 58.5 Å². The van der Waals surface area contributed by atoms with Crippen molar-refractivity contribution in [1.82, 2.24) is 9.91 Å². The van der Waals surface area contributed by atoms with E-state index in [1.165, 1.54) is 19.2 Å². The summed E-state index contributed by atoms with van der Waals surface area (Å²) in [7, 11) is 1.53. The fourth-order valence-electron chi connectivity index (χ4n) is 9.33. The third-order valence-electron chi connectivity index (χ3n) is 11.6. The molecule has 5 aliphatic rings. The largest absolute Gasteiger partial charge is 0.508 e. The van der Waals surface area contributed by atoms with E-state index in [2.05, 4.69) is 5.43 Å². The van der Waals surface area contributed by atoms with E-state index in [1.54, 1.807) is 54.8 Å². The van der Waals surface area contributed by atoms with E-state index in [0.29, 0.717) is 33.2 Å². The monoisotopic (exact) mass is 771 g/mol. The van der Waals surface area contributed by atoms with Crippen LogP contribution >= 0.6 is 23.2 Å². The van der Waals surface area contributed by atoms with Crippen molar-refractivity contribution in [3.8, 4) is 17.2 Å². The van der Waals surface area contributed by atoms with Crippen molar-refractivity contribution in [3.05, 3.63) is 105 Å². The number of methoxy groups -OCH3 is 1. The molecule has 2 aliphatic carbocycles. The van der Waals surface area contributed by atoms with Gasteiger partial charge in [-0.05, 0) is 84.8 Å². The number of aliphatic carboxylic acids is 1. The third kappa shape index (κ3) is 5.53. The number of ether oxygens (including phenoxy) is 2. The lowest BCUT2D eigenvalue weighted by molar-refractivity contribution is -0.142. The van der Waals surface area contributed by atoms with Gasteiger partial charge in [-0.15, -0.1) is 0 Å². The summed E-state index contributed by atoms with van der Waals surface area (Å²) >= 11 is 12.7. The summed E-state index contributed by atoms with van der Waals surface area (Å²) in [6, 6.07) is 16.4. The van der Waals surface area contributed by atoms with Crippen LogP contribution in [0.3, 0.4) is 0 Å². The number of phenols is 1. The van der Waals surface area contributed by atoms with Crippen LogP contribution in [0.15, 0.2) is 84.1 Å². The molecule has 3 aromatic rings. The van der Waals surface area contributed by atoms with Gasteiger partial charge in [0.15, 0.2) is 0 Å². The standard InChI is InChI=1S/C40H35Cl2N3O9/c1-53-25-8-4-22(5-9-25)40-29(37(50)45(39(40)52)43-31-12-6-23(41)17-30(31)42)18-28-26(35(40)21-15-20-16-24(46)7-13-32(20)54-19-21)10-11-27-34(28)38(51)44(36(27)49)14-2-3-33(47)48/h4-10,12-13,16-17,19,27-29,34-35,43,46H,2-3,11,14-15,18H2,1H3,(H,47,48)/t27-,28+,29-,34-,35-,40+/m0/s1. The van der Waals surface area contributed by atoms with Crippen LogP contribution in [0, 0.1) is 29.6 Å². The molecule has 2 saturated heterocycles. The van der Waals surface area contributed by atoms with Crippen LogP contribution in [-0.4, -0.2) is 63.4 Å². The van der Waals surface area contributed by atoms with Crippen molar-refractivity contribution in [1.29, 1.82) is 0 Å². The Morgan fingerprint density at radius 1 is 1.00 bits per heavy atom. The van der Waals surface area contributed by atoms with E-state index in [4.69, 9.17) is 32.7 Å².